The summed E-state index contributed by atoms with van der Waals surface area (Å²) in [7, 11) is 0. The van der Waals surface area contributed by atoms with E-state index in [4.69, 9.17) is 0 Å². The highest BCUT2D eigenvalue weighted by Crippen LogP contribution is 2.25. The number of piperidine rings is 1. The minimum Gasteiger partial charge on any atom is -0.356 e. The van der Waals surface area contributed by atoms with Crippen molar-refractivity contribution < 1.29 is 0 Å². The molecule has 3 heteroatoms. The first-order valence-electron chi connectivity index (χ1n) is 6.53. The fourth-order valence-electron chi connectivity index (χ4n) is 2.61. The molecule has 1 saturated heterocycles. The Kier molecular flexibility index (Phi) is 3.67. The number of nitrogens with one attached hydrogen (secondary N) is 1. The van der Waals surface area contributed by atoms with E-state index in [9.17, 15) is 0 Å². The molecule has 1 fully saturated rings. The highest BCUT2D eigenvalue weighted by Gasteiger charge is 2.30. The maximum absolute atomic E-state index is 4.42. The van der Waals surface area contributed by atoms with Crippen molar-refractivity contribution in [2.45, 2.75) is 45.2 Å². The first-order chi connectivity index (χ1) is 8.09. The van der Waals surface area contributed by atoms with Gasteiger partial charge in [0.25, 0.3) is 0 Å². The van der Waals surface area contributed by atoms with Gasteiger partial charge in [-0.2, -0.15) is 0 Å². The molecule has 2 heterocycles. The number of aromatic nitrogens is 1. The van der Waals surface area contributed by atoms with Crippen LogP contribution >= 0.6 is 0 Å². The normalized spacial score (nSPS) is 19.6. The Balaban J connectivity index is 1.94. The van der Waals surface area contributed by atoms with E-state index >= 15 is 0 Å². The summed E-state index contributed by atoms with van der Waals surface area (Å²) < 4.78 is 0. The molecule has 0 aliphatic carbocycles. The van der Waals surface area contributed by atoms with Crippen LogP contribution in [-0.4, -0.2) is 29.7 Å². The van der Waals surface area contributed by atoms with E-state index in [1.807, 2.05) is 12.3 Å². The van der Waals surface area contributed by atoms with Crippen molar-refractivity contribution in [1.29, 1.82) is 0 Å². The topological polar surface area (TPSA) is 28.2 Å². The largest absolute Gasteiger partial charge is 0.356 e. The van der Waals surface area contributed by atoms with Gasteiger partial charge < -0.3 is 10.2 Å². The van der Waals surface area contributed by atoms with Crippen LogP contribution in [0.15, 0.2) is 24.4 Å². The van der Waals surface area contributed by atoms with Crippen molar-refractivity contribution in [3.05, 3.63) is 24.4 Å². The second-order valence-corrected chi connectivity index (χ2v) is 5.53. The number of anilines is 1. The molecule has 0 amide bonds. The van der Waals surface area contributed by atoms with Gasteiger partial charge in [-0.3, -0.25) is 0 Å². The number of hydrogen-bond acceptors (Lipinski definition) is 3. The molecule has 0 spiro atoms. The van der Waals surface area contributed by atoms with Gasteiger partial charge in [-0.15, -0.1) is 0 Å². The molecule has 1 aliphatic rings. The van der Waals surface area contributed by atoms with Gasteiger partial charge in [0.05, 0.1) is 0 Å². The summed E-state index contributed by atoms with van der Waals surface area (Å²) in [5, 5.41) is 3.68. The average molecular weight is 233 g/mol. The minimum atomic E-state index is 0.291. The molecule has 17 heavy (non-hydrogen) atoms. The highest BCUT2D eigenvalue weighted by atomic mass is 15.2. The SMILES string of the molecule is CC(C)NC1(C)CCN(c2ccccn2)CC1. The van der Waals surface area contributed by atoms with E-state index < -0.39 is 0 Å². The molecule has 94 valence electrons. The van der Waals surface area contributed by atoms with E-state index in [0.29, 0.717) is 11.6 Å². The third-order valence-corrected chi connectivity index (χ3v) is 3.48. The van der Waals surface area contributed by atoms with Gasteiger partial charge >= 0.3 is 0 Å². The maximum atomic E-state index is 4.42. The standard InChI is InChI=1S/C14H23N3/c1-12(2)16-14(3)7-10-17(11-8-14)13-6-4-5-9-15-13/h4-6,9,12,16H,7-8,10-11H2,1-3H3. The monoisotopic (exact) mass is 233 g/mol. The first kappa shape index (κ1) is 12.4. The molecule has 1 aliphatic heterocycles. The zero-order valence-electron chi connectivity index (χ0n) is 11.1. The van der Waals surface area contributed by atoms with Gasteiger partial charge in [0, 0.05) is 30.9 Å². The van der Waals surface area contributed by atoms with Gasteiger partial charge in [0.15, 0.2) is 0 Å². The molecule has 3 nitrogen and oxygen atoms in total. The molecular formula is C14H23N3. The lowest BCUT2D eigenvalue weighted by molar-refractivity contribution is 0.264. The molecule has 0 aromatic carbocycles. The maximum Gasteiger partial charge on any atom is 0.128 e. The summed E-state index contributed by atoms with van der Waals surface area (Å²) in [5.41, 5.74) is 0.291. The lowest BCUT2D eigenvalue weighted by Crippen LogP contribution is -2.53. The van der Waals surface area contributed by atoms with E-state index in [1.54, 1.807) is 0 Å². The van der Waals surface area contributed by atoms with Gasteiger partial charge in [0.2, 0.25) is 0 Å². The van der Waals surface area contributed by atoms with Gasteiger partial charge in [0.1, 0.15) is 5.82 Å². The number of rotatable bonds is 3. The van der Waals surface area contributed by atoms with E-state index in [0.717, 1.165) is 18.9 Å². The van der Waals surface area contributed by atoms with Crippen molar-refractivity contribution in [2.24, 2.45) is 0 Å². The van der Waals surface area contributed by atoms with Crippen molar-refractivity contribution in [3.8, 4) is 0 Å². The lowest BCUT2D eigenvalue weighted by atomic mass is 9.89. The smallest absolute Gasteiger partial charge is 0.128 e. The average Bonchev–Trinajstić information content (AvgIpc) is 2.29. The Hall–Kier alpha value is -1.09. The Morgan fingerprint density at radius 1 is 1.29 bits per heavy atom. The van der Waals surface area contributed by atoms with E-state index in [1.165, 1.54) is 12.8 Å². The van der Waals surface area contributed by atoms with Crippen LogP contribution < -0.4 is 10.2 Å². The second-order valence-electron chi connectivity index (χ2n) is 5.53. The molecule has 0 unspecified atom stereocenters. The third kappa shape index (κ3) is 3.19. The molecule has 2 rings (SSSR count). The van der Waals surface area contributed by atoms with Crippen molar-refractivity contribution in [3.63, 3.8) is 0 Å². The Bertz CT molecular complexity index is 340. The Labute approximate surface area is 104 Å². The van der Waals surface area contributed by atoms with Crippen LogP contribution in [0.1, 0.15) is 33.6 Å². The van der Waals surface area contributed by atoms with Gasteiger partial charge in [-0.05, 0) is 31.9 Å². The summed E-state index contributed by atoms with van der Waals surface area (Å²) in [6, 6.07) is 6.68. The number of nitrogens with zero attached hydrogens (tertiary/aromatic N) is 2. The third-order valence-electron chi connectivity index (χ3n) is 3.48. The van der Waals surface area contributed by atoms with Gasteiger partial charge in [-0.1, -0.05) is 19.9 Å². The van der Waals surface area contributed by atoms with Crippen LogP contribution in [0.25, 0.3) is 0 Å². The molecule has 1 aromatic rings. The minimum absolute atomic E-state index is 0.291. The highest BCUT2D eigenvalue weighted by molar-refractivity contribution is 5.38. The van der Waals surface area contributed by atoms with Crippen molar-refractivity contribution in [2.75, 3.05) is 18.0 Å². The van der Waals surface area contributed by atoms with Crippen LogP contribution in [0.3, 0.4) is 0 Å². The summed E-state index contributed by atoms with van der Waals surface area (Å²) in [6.45, 7) is 8.95. The molecule has 0 saturated carbocycles. The van der Waals surface area contributed by atoms with Crippen molar-refractivity contribution >= 4 is 5.82 Å². The summed E-state index contributed by atoms with van der Waals surface area (Å²) in [6.07, 6.45) is 4.24. The Morgan fingerprint density at radius 3 is 2.53 bits per heavy atom. The molecule has 0 radical (unpaired) electrons. The number of pyridine rings is 1. The van der Waals surface area contributed by atoms with Crippen LogP contribution in [0.5, 0.6) is 0 Å². The fraction of sp³-hybridized carbons (Fsp3) is 0.643. The number of hydrogen-bond donors (Lipinski definition) is 1. The van der Waals surface area contributed by atoms with Crippen LogP contribution in [-0.2, 0) is 0 Å². The van der Waals surface area contributed by atoms with Crippen molar-refractivity contribution in [1.82, 2.24) is 10.3 Å². The zero-order valence-corrected chi connectivity index (χ0v) is 11.1. The molecule has 1 aromatic heterocycles. The predicted octanol–water partition coefficient (Wildman–Crippen LogP) is 2.44. The Morgan fingerprint density at radius 2 is 2.00 bits per heavy atom. The molecule has 0 atom stereocenters. The predicted molar refractivity (Wildman–Crippen MR) is 72.4 cm³/mol. The van der Waals surface area contributed by atoms with E-state index in [-0.39, 0.29) is 0 Å². The summed E-state index contributed by atoms with van der Waals surface area (Å²) in [5.74, 6) is 1.11. The van der Waals surface area contributed by atoms with E-state index in [2.05, 4.69) is 48.1 Å². The zero-order chi connectivity index (χ0) is 12.3. The van der Waals surface area contributed by atoms with Crippen LogP contribution in [0.4, 0.5) is 5.82 Å². The summed E-state index contributed by atoms with van der Waals surface area (Å²) >= 11 is 0. The van der Waals surface area contributed by atoms with Crippen LogP contribution in [0.2, 0.25) is 0 Å². The fourth-order valence-corrected chi connectivity index (χ4v) is 2.61. The van der Waals surface area contributed by atoms with Gasteiger partial charge in [-0.25, -0.2) is 4.98 Å². The lowest BCUT2D eigenvalue weighted by Gasteiger charge is -2.41. The second kappa shape index (κ2) is 5.05. The first-order valence-corrected chi connectivity index (χ1v) is 6.53. The molecule has 1 N–H and O–H groups in total. The van der Waals surface area contributed by atoms with Crippen LogP contribution in [0, 0.1) is 0 Å². The quantitative estimate of drug-likeness (QED) is 0.869. The summed E-state index contributed by atoms with van der Waals surface area (Å²) in [4.78, 5) is 6.80. The molecule has 0 bridgehead atoms. The molecular weight excluding hydrogens is 210 g/mol.